The number of anilines is 1. The highest BCUT2D eigenvalue weighted by molar-refractivity contribution is 5.94. The third-order valence-electron chi connectivity index (χ3n) is 4.15. The maximum Gasteiger partial charge on any atom is 0.0526 e. The summed E-state index contributed by atoms with van der Waals surface area (Å²) in [5, 5.41) is 2.64. The molecule has 0 atom stereocenters. The number of likely N-dealkylation sites (N-methyl/N-ethyl adjacent to an activating group) is 1. The summed E-state index contributed by atoms with van der Waals surface area (Å²) in [7, 11) is 0. The molecule has 1 aliphatic carbocycles. The lowest BCUT2D eigenvalue weighted by Crippen LogP contribution is -2.43. The molecule has 2 heteroatoms. The second kappa shape index (κ2) is 4.29. The van der Waals surface area contributed by atoms with Crippen molar-refractivity contribution in [3.63, 3.8) is 0 Å². The number of rotatable bonds is 4. The Morgan fingerprint density at radius 2 is 1.83 bits per heavy atom. The van der Waals surface area contributed by atoms with Crippen LogP contribution in [0.5, 0.6) is 0 Å². The average molecular weight is 240 g/mol. The Morgan fingerprint density at radius 3 is 2.50 bits per heavy atom. The molecular formula is C16H20N2. The van der Waals surface area contributed by atoms with Gasteiger partial charge in [-0.05, 0) is 31.2 Å². The molecule has 0 unspecified atom stereocenters. The van der Waals surface area contributed by atoms with Gasteiger partial charge in [0.2, 0.25) is 0 Å². The normalized spacial score (nSPS) is 16.8. The van der Waals surface area contributed by atoms with Crippen molar-refractivity contribution in [3.05, 3.63) is 42.5 Å². The van der Waals surface area contributed by atoms with Crippen molar-refractivity contribution in [2.45, 2.75) is 25.3 Å². The molecule has 0 saturated heterocycles. The van der Waals surface area contributed by atoms with E-state index in [1.807, 2.05) is 0 Å². The standard InChI is InChI=1S/C16H20N2/c1-2-18(16(12-17)10-11-16)15-9-5-7-13-6-3-4-8-14(13)15/h3-9H,2,10-12,17H2,1H3. The lowest BCUT2D eigenvalue weighted by molar-refractivity contribution is 0.605. The fourth-order valence-corrected chi connectivity index (χ4v) is 2.93. The summed E-state index contributed by atoms with van der Waals surface area (Å²) in [6, 6.07) is 15.1. The highest BCUT2D eigenvalue weighted by Crippen LogP contribution is 2.44. The van der Waals surface area contributed by atoms with Gasteiger partial charge in [0.1, 0.15) is 0 Å². The molecule has 2 N–H and O–H groups in total. The predicted octanol–water partition coefficient (Wildman–Crippen LogP) is 3.16. The van der Waals surface area contributed by atoms with Gasteiger partial charge >= 0.3 is 0 Å². The van der Waals surface area contributed by atoms with E-state index in [0.29, 0.717) is 0 Å². The largest absolute Gasteiger partial charge is 0.364 e. The highest BCUT2D eigenvalue weighted by Gasteiger charge is 2.46. The molecule has 1 saturated carbocycles. The number of benzene rings is 2. The third kappa shape index (κ3) is 1.68. The molecule has 2 nitrogen and oxygen atoms in total. The van der Waals surface area contributed by atoms with Crippen LogP contribution in [0, 0.1) is 0 Å². The van der Waals surface area contributed by atoms with Crippen molar-refractivity contribution < 1.29 is 0 Å². The minimum absolute atomic E-state index is 0.221. The van der Waals surface area contributed by atoms with E-state index in [1.165, 1.54) is 29.3 Å². The molecule has 94 valence electrons. The van der Waals surface area contributed by atoms with Crippen molar-refractivity contribution in [2.75, 3.05) is 18.0 Å². The quantitative estimate of drug-likeness (QED) is 0.889. The van der Waals surface area contributed by atoms with Gasteiger partial charge in [-0.15, -0.1) is 0 Å². The van der Waals surface area contributed by atoms with Crippen LogP contribution in [0.2, 0.25) is 0 Å². The minimum Gasteiger partial charge on any atom is -0.364 e. The van der Waals surface area contributed by atoms with Gasteiger partial charge in [0.05, 0.1) is 5.54 Å². The first kappa shape index (κ1) is 11.5. The molecule has 0 spiro atoms. The highest BCUT2D eigenvalue weighted by atomic mass is 15.2. The molecule has 0 aliphatic heterocycles. The van der Waals surface area contributed by atoms with Crippen LogP contribution in [-0.4, -0.2) is 18.6 Å². The predicted molar refractivity (Wildman–Crippen MR) is 78.0 cm³/mol. The Kier molecular flexibility index (Phi) is 2.75. The summed E-state index contributed by atoms with van der Waals surface area (Å²) >= 11 is 0. The molecule has 3 rings (SSSR count). The van der Waals surface area contributed by atoms with E-state index in [-0.39, 0.29) is 5.54 Å². The number of nitrogens with two attached hydrogens (primary N) is 1. The average Bonchev–Trinajstić information content (AvgIpc) is 3.21. The summed E-state index contributed by atoms with van der Waals surface area (Å²) in [5.74, 6) is 0. The fourth-order valence-electron chi connectivity index (χ4n) is 2.93. The van der Waals surface area contributed by atoms with E-state index in [2.05, 4.69) is 54.3 Å². The summed E-state index contributed by atoms with van der Waals surface area (Å²) in [4.78, 5) is 2.50. The molecule has 1 aliphatic rings. The van der Waals surface area contributed by atoms with E-state index < -0.39 is 0 Å². The van der Waals surface area contributed by atoms with Gasteiger partial charge in [0.15, 0.2) is 0 Å². The van der Waals surface area contributed by atoms with Crippen molar-refractivity contribution in [1.29, 1.82) is 0 Å². The monoisotopic (exact) mass is 240 g/mol. The van der Waals surface area contributed by atoms with Gasteiger partial charge in [0, 0.05) is 24.2 Å². The van der Waals surface area contributed by atoms with E-state index in [1.54, 1.807) is 0 Å². The molecular weight excluding hydrogens is 220 g/mol. The Morgan fingerprint density at radius 1 is 1.11 bits per heavy atom. The van der Waals surface area contributed by atoms with E-state index >= 15 is 0 Å². The Bertz CT molecular complexity index is 553. The zero-order chi connectivity index (χ0) is 12.6. The Hall–Kier alpha value is -1.54. The van der Waals surface area contributed by atoms with Gasteiger partial charge in [-0.3, -0.25) is 0 Å². The third-order valence-corrected chi connectivity index (χ3v) is 4.15. The minimum atomic E-state index is 0.221. The first-order valence-electron chi connectivity index (χ1n) is 6.76. The molecule has 1 fully saturated rings. The zero-order valence-electron chi connectivity index (χ0n) is 10.9. The molecule has 18 heavy (non-hydrogen) atoms. The smallest absolute Gasteiger partial charge is 0.0526 e. The van der Waals surface area contributed by atoms with Crippen LogP contribution in [0.4, 0.5) is 5.69 Å². The SMILES string of the molecule is CCN(c1cccc2ccccc12)C1(CN)CC1. The molecule has 0 bridgehead atoms. The Balaban J connectivity index is 2.13. The maximum atomic E-state index is 5.99. The van der Waals surface area contributed by atoms with E-state index in [0.717, 1.165) is 13.1 Å². The van der Waals surface area contributed by atoms with Crippen molar-refractivity contribution in [3.8, 4) is 0 Å². The first-order valence-corrected chi connectivity index (χ1v) is 6.76. The Labute approximate surface area is 108 Å². The fraction of sp³-hybridized carbons (Fsp3) is 0.375. The zero-order valence-corrected chi connectivity index (χ0v) is 10.9. The van der Waals surface area contributed by atoms with Crippen molar-refractivity contribution >= 4 is 16.5 Å². The molecule has 0 amide bonds. The number of hydrogen-bond donors (Lipinski definition) is 1. The van der Waals surface area contributed by atoms with Gasteiger partial charge in [-0.1, -0.05) is 36.4 Å². The first-order chi connectivity index (χ1) is 8.80. The second-order valence-corrected chi connectivity index (χ2v) is 5.17. The van der Waals surface area contributed by atoms with Crippen LogP contribution < -0.4 is 10.6 Å². The van der Waals surface area contributed by atoms with Crippen LogP contribution >= 0.6 is 0 Å². The molecule has 2 aromatic carbocycles. The second-order valence-electron chi connectivity index (χ2n) is 5.17. The lowest BCUT2D eigenvalue weighted by atomic mass is 10.1. The van der Waals surface area contributed by atoms with Crippen LogP contribution in [0.3, 0.4) is 0 Å². The summed E-state index contributed by atoms with van der Waals surface area (Å²) in [5.41, 5.74) is 7.54. The summed E-state index contributed by atoms with van der Waals surface area (Å²) in [6.07, 6.45) is 2.45. The van der Waals surface area contributed by atoms with Crippen molar-refractivity contribution in [1.82, 2.24) is 0 Å². The summed E-state index contributed by atoms with van der Waals surface area (Å²) < 4.78 is 0. The molecule has 0 heterocycles. The topological polar surface area (TPSA) is 29.3 Å². The molecule has 2 aromatic rings. The molecule has 0 aromatic heterocycles. The van der Waals surface area contributed by atoms with Gasteiger partial charge < -0.3 is 10.6 Å². The van der Waals surface area contributed by atoms with Crippen LogP contribution in [0.25, 0.3) is 10.8 Å². The number of nitrogens with zero attached hydrogens (tertiary/aromatic N) is 1. The number of fused-ring (bicyclic) bond motifs is 1. The van der Waals surface area contributed by atoms with Crippen LogP contribution in [0.1, 0.15) is 19.8 Å². The van der Waals surface area contributed by atoms with Gasteiger partial charge in [-0.2, -0.15) is 0 Å². The number of hydrogen-bond acceptors (Lipinski definition) is 2. The van der Waals surface area contributed by atoms with Crippen LogP contribution in [-0.2, 0) is 0 Å². The van der Waals surface area contributed by atoms with Gasteiger partial charge in [0.25, 0.3) is 0 Å². The molecule has 0 radical (unpaired) electrons. The summed E-state index contributed by atoms with van der Waals surface area (Å²) in [6.45, 7) is 3.99. The van der Waals surface area contributed by atoms with Gasteiger partial charge in [-0.25, -0.2) is 0 Å². The van der Waals surface area contributed by atoms with E-state index in [4.69, 9.17) is 5.73 Å². The lowest BCUT2D eigenvalue weighted by Gasteiger charge is -2.33. The van der Waals surface area contributed by atoms with Crippen molar-refractivity contribution in [2.24, 2.45) is 5.73 Å². The van der Waals surface area contributed by atoms with Crippen LogP contribution in [0.15, 0.2) is 42.5 Å². The maximum absolute atomic E-state index is 5.99. The van der Waals surface area contributed by atoms with E-state index in [9.17, 15) is 0 Å².